The van der Waals surface area contributed by atoms with Crippen LogP contribution in [0.15, 0.2) is 5.38 Å². The Morgan fingerprint density at radius 2 is 2.19 bits per heavy atom. The molecule has 1 aromatic heterocycles. The van der Waals surface area contributed by atoms with Crippen molar-refractivity contribution < 1.29 is 9.90 Å². The Labute approximate surface area is 131 Å². The summed E-state index contributed by atoms with van der Waals surface area (Å²) in [5.41, 5.74) is 1.29. The monoisotopic (exact) mass is 310 g/mol. The van der Waals surface area contributed by atoms with Gasteiger partial charge in [-0.3, -0.25) is 4.79 Å². The lowest BCUT2D eigenvalue weighted by Crippen LogP contribution is -2.26. The number of carboxylic acids is 1. The summed E-state index contributed by atoms with van der Waals surface area (Å²) in [6.07, 6.45) is 4.41. The average Bonchev–Trinajstić information content (AvgIpc) is 2.70. The van der Waals surface area contributed by atoms with Gasteiger partial charge in [0.1, 0.15) is 0 Å². The number of aryl methyl sites for hydroxylation is 1. The maximum Gasteiger partial charge on any atom is 0.303 e. The number of aromatic nitrogens is 1. The van der Waals surface area contributed by atoms with Gasteiger partial charge in [-0.1, -0.05) is 20.8 Å². The van der Waals surface area contributed by atoms with E-state index in [4.69, 9.17) is 5.11 Å². The van der Waals surface area contributed by atoms with Crippen LogP contribution in [-0.4, -0.2) is 29.1 Å². The van der Waals surface area contributed by atoms with E-state index in [-0.39, 0.29) is 6.42 Å². The van der Waals surface area contributed by atoms with Crippen molar-refractivity contribution in [2.24, 2.45) is 11.3 Å². The maximum absolute atomic E-state index is 10.6. The van der Waals surface area contributed by atoms with Gasteiger partial charge in [-0.2, -0.15) is 0 Å². The molecule has 1 aromatic rings. The number of carbonyl (C=O) groups is 1. The van der Waals surface area contributed by atoms with Gasteiger partial charge in [0, 0.05) is 24.9 Å². The third-order valence-corrected chi connectivity index (χ3v) is 5.31. The molecular weight excluding hydrogens is 284 g/mol. The van der Waals surface area contributed by atoms with Gasteiger partial charge in [0.05, 0.1) is 12.1 Å². The van der Waals surface area contributed by atoms with Crippen LogP contribution in [-0.2, 0) is 11.2 Å². The highest BCUT2D eigenvalue weighted by Gasteiger charge is 2.27. The van der Waals surface area contributed by atoms with E-state index in [1.165, 1.54) is 19.3 Å². The second kappa shape index (κ2) is 6.77. The van der Waals surface area contributed by atoms with Crippen molar-refractivity contribution in [1.29, 1.82) is 0 Å². The second-order valence-corrected chi connectivity index (χ2v) is 7.83. The summed E-state index contributed by atoms with van der Waals surface area (Å²) in [4.78, 5) is 17.6. The van der Waals surface area contributed by atoms with Crippen molar-refractivity contribution in [1.82, 2.24) is 4.98 Å². The SMILES string of the molecule is CC(C)(C)C1CCCN(c2nc(CCC(=O)O)cs2)CC1. The zero-order valence-corrected chi connectivity index (χ0v) is 14.1. The number of hydrogen-bond donors (Lipinski definition) is 1. The molecule has 5 heteroatoms. The van der Waals surface area contributed by atoms with Gasteiger partial charge in [-0.15, -0.1) is 11.3 Å². The molecule has 1 fully saturated rings. The first-order chi connectivity index (χ1) is 9.86. The molecule has 1 atom stereocenters. The fraction of sp³-hybridized carbons (Fsp3) is 0.750. The molecule has 1 aliphatic heterocycles. The lowest BCUT2D eigenvalue weighted by Gasteiger charge is -2.29. The third kappa shape index (κ3) is 4.70. The minimum atomic E-state index is -0.757. The molecule has 0 bridgehead atoms. The summed E-state index contributed by atoms with van der Waals surface area (Å²) in [7, 11) is 0. The van der Waals surface area contributed by atoms with Crippen molar-refractivity contribution in [3.8, 4) is 0 Å². The lowest BCUT2D eigenvalue weighted by atomic mass is 9.77. The number of thiazole rings is 1. The van der Waals surface area contributed by atoms with Crippen LogP contribution in [0.3, 0.4) is 0 Å². The number of carboxylic acid groups (broad SMARTS) is 1. The predicted molar refractivity (Wildman–Crippen MR) is 87.1 cm³/mol. The second-order valence-electron chi connectivity index (χ2n) is 7.00. The van der Waals surface area contributed by atoms with Gasteiger partial charge in [-0.25, -0.2) is 4.98 Å². The van der Waals surface area contributed by atoms with Gasteiger partial charge in [0.15, 0.2) is 5.13 Å². The first kappa shape index (κ1) is 16.3. The Balaban J connectivity index is 1.95. The van der Waals surface area contributed by atoms with Gasteiger partial charge >= 0.3 is 5.97 Å². The van der Waals surface area contributed by atoms with Crippen LogP contribution in [0, 0.1) is 11.3 Å². The Kier molecular flexibility index (Phi) is 5.25. The molecule has 2 rings (SSSR count). The van der Waals surface area contributed by atoms with Crippen LogP contribution < -0.4 is 4.90 Å². The molecule has 0 radical (unpaired) electrons. The van der Waals surface area contributed by atoms with E-state index in [1.54, 1.807) is 11.3 Å². The van der Waals surface area contributed by atoms with E-state index < -0.39 is 5.97 Å². The minimum absolute atomic E-state index is 0.162. The summed E-state index contributed by atoms with van der Waals surface area (Å²) in [5.74, 6) is 0.0151. The number of hydrogen-bond acceptors (Lipinski definition) is 4. The molecule has 21 heavy (non-hydrogen) atoms. The van der Waals surface area contributed by atoms with E-state index in [2.05, 4.69) is 30.7 Å². The van der Waals surface area contributed by atoms with E-state index in [0.717, 1.165) is 29.8 Å². The molecule has 0 aliphatic carbocycles. The topological polar surface area (TPSA) is 53.4 Å². The number of nitrogens with zero attached hydrogens (tertiary/aromatic N) is 2. The molecular formula is C16H26N2O2S. The lowest BCUT2D eigenvalue weighted by molar-refractivity contribution is -0.136. The van der Waals surface area contributed by atoms with Crippen molar-refractivity contribution in [3.05, 3.63) is 11.1 Å². The van der Waals surface area contributed by atoms with Crippen molar-refractivity contribution in [3.63, 3.8) is 0 Å². The van der Waals surface area contributed by atoms with Gasteiger partial charge in [0.2, 0.25) is 0 Å². The first-order valence-corrected chi connectivity index (χ1v) is 8.65. The molecule has 0 saturated carbocycles. The Morgan fingerprint density at radius 1 is 1.43 bits per heavy atom. The number of aliphatic carboxylic acids is 1. The normalized spacial score (nSPS) is 20.3. The smallest absolute Gasteiger partial charge is 0.303 e. The van der Waals surface area contributed by atoms with Crippen LogP contribution in [0.4, 0.5) is 5.13 Å². The van der Waals surface area contributed by atoms with E-state index in [1.807, 2.05) is 5.38 Å². The largest absolute Gasteiger partial charge is 0.481 e. The third-order valence-electron chi connectivity index (χ3n) is 4.36. The highest BCUT2D eigenvalue weighted by atomic mass is 32.1. The standard InChI is InChI=1S/C16H26N2O2S/c1-16(2,3)12-5-4-9-18(10-8-12)15-17-13(11-21-15)6-7-14(19)20/h11-12H,4-10H2,1-3H3,(H,19,20). The van der Waals surface area contributed by atoms with Gasteiger partial charge in [-0.05, 0) is 30.6 Å². The first-order valence-electron chi connectivity index (χ1n) is 7.77. The fourth-order valence-corrected chi connectivity index (χ4v) is 3.86. The fourth-order valence-electron chi connectivity index (χ4n) is 2.95. The molecule has 1 aliphatic rings. The zero-order chi connectivity index (χ0) is 15.5. The van der Waals surface area contributed by atoms with Crippen LogP contribution in [0.1, 0.15) is 52.1 Å². The summed E-state index contributed by atoms with van der Waals surface area (Å²) < 4.78 is 0. The Hall–Kier alpha value is -1.10. The average molecular weight is 310 g/mol. The number of anilines is 1. The molecule has 0 amide bonds. The summed E-state index contributed by atoms with van der Waals surface area (Å²) in [6, 6.07) is 0. The summed E-state index contributed by atoms with van der Waals surface area (Å²) in [5, 5.41) is 11.8. The molecule has 2 heterocycles. The molecule has 0 aromatic carbocycles. The molecule has 1 N–H and O–H groups in total. The molecule has 118 valence electrons. The van der Waals surface area contributed by atoms with Crippen LogP contribution in [0.25, 0.3) is 0 Å². The van der Waals surface area contributed by atoms with Crippen molar-refractivity contribution >= 4 is 22.4 Å². The van der Waals surface area contributed by atoms with E-state index >= 15 is 0 Å². The van der Waals surface area contributed by atoms with E-state index in [0.29, 0.717) is 11.8 Å². The highest BCUT2D eigenvalue weighted by molar-refractivity contribution is 7.13. The highest BCUT2D eigenvalue weighted by Crippen LogP contribution is 2.35. The molecule has 1 unspecified atom stereocenters. The van der Waals surface area contributed by atoms with Gasteiger partial charge in [0.25, 0.3) is 0 Å². The molecule has 1 saturated heterocycles. The van der Waals surface area contributed by atoms with Crippen molar-refractivity contribution in [2.75, 3.05) is 18.0 Å². The summed E-state index contributed by atoms with van der Waals surface area (Å²) in [6.45, 7) is 9.13. The zero-order valence-electron chi connectivity index (χ0n) is 13.3. The Morgan fingerprint density at radius 3 is 2.86 bits per heavy atom. The number of rotatable bonds is 4. The van der Waals surface area contributed by atoms with Crippen molar-refractivity contribution in [2.45, 2.75) is 52.9 Å². The van der Waals surface area contributed by atoms with E-state index in [9.17, 15) is 4.79 Å². The van der Waals surface area contributed by atoms with Crippen LogP contribution >= 0.6 is 11.3 Å². The van der Waals surface area contributed by atoms with Crippen LogP contribution in [0.2, 0.25) is 0 Å². The predicted octanol–water partition coefficient (Wildman–Crippen LogP) is 3.81. The minimum Gasteiger partial charge on any atom is -0.481 e. The Bertz CT molecular complexity index is 479. The quantitative estimate of drug-likeness (QED) is 0.918. The molecule has 0 spiro atoms. The van der Waals surface area contributed by atoms with Gasteiger partial charge < -0.3 is 10.0 Å². The molecule has 4 nitrogen and oxygen atoms in total. The van der Waals surface area contributed by atoms with Crippen LogP contribution in [0.5, 0.6) is 0 Å². The maximum atomic E-state index is 10.6. The summed E-state index contributed by atoms with van der Waals surface area (Å²) >= 11 is 1.65.